The van der Waals surface area contributed by atoms with Crippen LogP contribution in [0, 0.1) is 0 Å². The van der Waals surface area contributed by atoms with Gasteiger partial charge in [-0.05, 0) is 41.4 Å². The summed E-state index contributed by atoms with van der Waals surface area (Å²) in [6, 6.07) is 1.40. The molecule has 19 heavy (non-hydrogen) atoms. The Morgan fingerprint density at radius 2 is 2.11 bits per heavy atom. The van der Waals surface area contributed by atoms with Gasteiger partial charge in [0.1, 0.15) is 5.69 Å². The molecule has 5 nitrogen and oxygen atoms in total. The van der Waals surface area contributed by atoms with Gasteiger partial charge in [0.05, 0.1) is 6.04 Å². The zero-order chi connectivity index (χ0) is 12.3. The number of nitrogens with one attached hydrogen (secondary N) is 3. The predicted molar refractivity (Wildman–Crippen MR) is 83.5 cm³/mol. The minimum absolute atomic E-state index is 0. The van der Waals surface area contributed by atoms with Gasteiger partial charge >= 0.3 is 0 Å². The number of carbonyl (C=O) groups is 1. The van der Waals surface area contributed by atoms with Crippen molar-refractivity contribution in [2.75, 3.05) is 11.9 Å². The third-order valence-electron chi connectivity index (χ3n) is 2.75. The number of aromatic amines is 1. The molecule has 0 aromatic carbocycles. The van der Waals surface area contributed by atoms with E-state index in [4.69, 9.17) is 0 Å². The molecule has 0 bridgehead atoms. The van der Waals surface area contributed by atoms with Crippen LogP contribution in [0.4, 0.5) is 5.69 Å². The van der Waals surface area contributed by atoms with Crippen LogP contribution < -0.4 is 16.2 Å². The van der Waals surface area contributed by atoms with Crippen LogP contribution in [0.5, 0.6) is 0 Å². The molecule has 0 saturated carbocycles. The van der Waals surface area contributed by atoms with Gasteiger partial charge in [-0.2, -0.15) is 0 Å². The average molecular weight is 373 g/mol. The molecule has 1 unspecified atom stereocenters. The summed E-state index contributed by atoms with van der Waals surface area (Å²) in [5, 5.41) is 5.78. The van der Waals surface area contributed by atoms with Gasteiger partial charge in [-0.1, -0.05) is 6.42 Å². The van der Waals surface area contributed by atoms with Crippen LogP contribution in [-0.2, 0) is 4.79 Å². The number of hydrogen-bond acceptors (Lipinski definition) is 3. The molecule has 1 aromatic heterocycles. The molecule has 3 N–H and O–H groups in total. The van der Waals surface area contributed by atoms with Crippen molar-refractivity contribution >= 4 is 52.3 Å². The van der Waals surface area contributed by atoms with E-state index in [9.17, 15) is 9.59 Å². The summed E-state index contributed by atoms with van der Waals surface area (Å²) >= 11 is 3.25. The van der Waals surface area contributed by atoms with E-state index in [0.717, 1.165) is 30.3 Å². The molecule has 2 rings (SSSR count). The highest BCUT2D eigenvalue weighted by Crippen LogP contribution is 2.12. The van der Waals surface area contributed by atoms with Crippen molar-refractivity contribution in [1.29, 1.82) is 0 Å². The molecule has 0 radical (unpaired) electrons. The Hall–Kier alpha value is -0.560. The number of aromatic nitrogens is 1. The molecule has 8 heteroatoms. The number of amides is 1. The average Bonchev–Trinajstić information content (AvgIpc) is 2.35. The summed E-state index contributed by atoms with van der Waals surface area (Å²) in [4.78, 5) is 25.9. The molecular formula is C11H16BrCl2N3O2. The van der Waals surface area contributed by atoms with Crippen molar-refractivity contribution in [2.24, 2.45) is 0 Å². The number of halogens is 3. The first-order valence-electron chi connectivity index (χ1n) is 5.59. The Morgan fingerprint density at radius 1 is 1.37 bits per heavy atom. The minimum Gasteiger partial charge on any atom is -0.326 e. The van der Waals surface area contributed by atoms with Gasteiger partial charge in [-0.3, -0.25) is 9.59 Å². The van der Waals surface area contributed by atoms with Crippen molar-refractivity contribution in [3.8, 4) is 0 Å². The van der Waals surface area contributed by atoms with Crippen molar-refractivity contribution in [2.45, 2.75) is 25.3 Å². The second kappa shape index (κ2) is 8.58. The topological polar surface area (TPSA) is 74.0 Å². The fourth-order valence-corrected chi connectivity index (χ4v) is 2.19. The number of rotatable bonds is 2. The third kappa shape index (κ3) is 5.14. The van der Waals surface area contributed by atoms with Crippen molar-refractivity contribution in [1.82, 2.24) is 10.3 Å². The lowest BCUT2D eigenvalue weighted by molar-refractivity contribution is -0.118. The molecule has 1 aromatic rings. The first-order chi connectivity index (χ1) is 8.16. The fourth-order valence-electron chi connectivity index (χ4n) is 1.85. The van der Waals surface area contributed by atoms with E-state index < -0.39 is 0 Å². The molecule has 1 amide bonds. The molecule has 2 heterocycles. The monoisotopic (exact) mass is 371 g/mol. The summed E-state index contributed by atoms with van der Waals surface area (Å²) in [7, 11) is 0. The summed E-state index contributed by atoms with van der Waals surface area (Å²) in [6.45, 7) is 0.854. The van der Waals surface area contributed by atoms with Crippen molar-refractivity contribution in [3.63, 3.8) is 0 Å². The Bertz CT molecular complexity index is 475. The molecule has 0 aliphatic carbocycles. The first-order valence-corrected chi connectivity index (χ1v) is 6.38. The van der Waals surface area contributed by atoms with E-state index in [1.165, 1.54) is 6.20 Å². The Kier molecular flexibility index (Phi) is 8.33. The maximum atomic E-state index is 11.9. The van der Waals surface area contributed by atoms with Crippen LogP contribution in [-0.4, -0.2) is 23.5 Å². The number of hydrogen-bond donors (Lipinski definition) is 3. The summed E-state index contributed by atoms with van der Waals surface area (Å²) in [5.41, 5.74) is -0.0193. The van der Waals surface area contributed by atoms with E-state index in [0.29, 0.717) is 0 Å². The SMILES string of the molecule is Cl.Cl.O=C(Nc1cc(Br)c[nH]c1=O)C1CCCCN1. The van der Waals surface area contributed by atoms with Gasteiger partial charge in [-0.25, -0.2) is 0 Å². The van der Waals surface area contributed by atoms with Crippen LogP contribution in [0.15, 0.2) is 21.5 Å². The standard InChI is InChI=1S/C11H14BrN3O2.2ClH/c12-7-5-9(10(16)14-6-7)15-11(17)8-3-1-2-4-13-8;;/h5-6,8,13H,1-4H2,(H,14,16)(H,15,17);2*1H. The van der Waals surface area contributed by atoms with Crippen molar-refractivity contribution in [3.05, 3.63) is 27.1 Å². The van der Waals surface area contributed by atoms with Gasteiger partial charge in [-0.15, -0.1) is 24.8 Å². The summed E-state index contributed by atoms with van der Waals surface area (Å²) < 4.78 is 0.726. The number of H-pyrrole nitrogens is 1. The van der Waals surface area contributed by atoms with E-state index >= 15 is 0 Å². The number of pyridine rings is 1. The Morgan fingerprint density at radius 3 is 2.74 bits per heavy atom. The number of piperidine rings is 1. The lowest BCUT2D eigenvalue weighted by atomic mass is 10.0. The molecule has 1 atom stereocenters. The molecule has 108 valence electrons. The van der Waals surface area contributed by atoms with Crippen LogP contribution in [0.1, 0.15) is 19.3 Å². The second-order valence-corrected chi connectivity index (χ2v) is 4.97. The van der Waals surface area contributed by atoms with Gasteiger partial charge < -0.3 is 15.6 Å². The molecular weight excluding hydrogens is 357 g/mol. The van der Waals surface area contributed by atoms with Gasteiger partial charge in [0.15, 0.2) is 0 Å². The second-order valence-electron chi connectivity index (χ2n) is 4.05. The number of anilines is 1. The quantitative estimate of drug-likeness (QED) is 0.743. The normalized spacial score (nSPS) is 17.8. The maximum absolute atomic E-state index is 11.9. The largest absolute Gasteiger partial charge is 0.326 e. The molecule has 1 aliphatic rings. The Labute approximate surface area is 131 Å². The zero-order valence-corrected chi connectivity index (χ0v) is 13.3. The maximum Gasteiger partial charge on any atom is 0.271 e. The Balaban J connectivity index is 0.00000162. The van der Waals surface area contributed by atoms with Gasteiger partial charge in [0.25, 0.3) is 5.56 Å². The van der Waals surface area contributed by atoms with Gasteiger partial charge in [0.2, 0.25) is 5.91 Å². The highest BCUT2D eigenvalue weighted by Gasteiger charge is 2.21. The van der Waals surface area contributed by atoms with Crippen LogP contribution >= 0.6 is 40.7 Å². The van der Waals surface area contributed by atoms with E-state index in [2.05, 4.69) is 31.5 Å². The van der Waals surface area contributed by atoms with Crippen LogP contribution in [0.3, 0.4) is 0 Å². The van der Waals surface area contributed by atoms with E-state index in [-0.39, 0.29) is 48.0 Å². The first kappa shape index (κ1) is 18.4. The lowest BCUT2D eigenvalue weighted by Crippen LogP contribution is -2.44. The zero-order valence-electron chi connectivity index (χ0n) is 10.1. The molecule has 1 saturated heterocycles. The van der Waals surface area contributed by atoms with Crippen LogP contribution in [0.2, 0.25) is 0 Å². The highest BCUT2D eigenvalue weighted by atomic mass is 79.9. The van der Waals surface area contributed by atoms with E-state index in [1.807, 2.05) is 0 Å². The lowest BCUT2D eigenvalue weighted by Gasteiger charge is -2.22. The van der Waals surface area contributed by atoms with Crippen LogP contribution in [0.25, 0.3) is 0 Å². The molecule has 1 aliphatic heterocycles. The smallest absolute Gasteiger partial charge is 0.271 e. The predicted octanol–water partition coefficient (Wildman–Crippen LogP) is 2.06. The molecule has 1 fully saturated rings. The fraction of sp³-hybridized carbons (Fsp3) is 0.455. The number of carbonyl (C=O) groups excluding carboxylic acids is 1. The highest BCUT2D eigenvalue weighted by molar-refractivity contribution is 9.10. The summed E-state index contributed by atoms with van der Waals surface area (Å²) in [6.07, 6.45) is 4.50. The van der Waals surface area contributed by atoms with Gasteiger partial charge in [0, 0.05) is 10.7 Å². The van der Waals surface area contributed by atoms with Crippen molar-refractivity contribution < 1.29 is 4.79 Å². The van der Waals surface area contributed by atoms with E-state index in [1.54, 1.807) is 6.07 Å². The minimum atomic E-state index is -0.294. The summed E-state index contributed by atoms with van der Waals surface area (Å²) in [5.74, 6) is -0.145. The third-order valence-corrected chi connectivity index (χ3v) is 3.21. The molecule has 0 spiro atoms.